The van der Waals surface area contributed by atoms with E-state index in [1.54, 1.807) is 4.90 Å². The van der Waals surface area contributed by atoms with Crippen LogP contribution < -0.4 is 5.32 Å². The highest BCUT2D eigenvalue weighted by Crippen LogP contribution is 2.39. The summed E-state index contributed by atoms with van der Waals surface area (Å²) in [4.78, 5) is 14.4. The zero-order valence-electron chi connectivity index (χ0n) is 18.3. The molecule has 0 atom stereocenters. The Hall–Kier alpha value is -2.56. The summed E-state index contributed by atoms with van der Waals surface area (Å²) < 4.78 is 78.8. The Morgan fingerprint density at radius 2 is 1.58 bits per heavy atom. The number of hydrogen-bond donors (Lipinski definition) is 2. The van der Waals surface area contributed by atoms with Gasteiger partial charge in [0.25, 0.3) is 5.91 Å². The number of aromatic amines is 1. The molecule has 0 aliphatic carbocycles. The Kier molecular flexibility index (Phi) is 7.40. The van der Waals surface area contributed by atoms with Crippen LogP contribution in [0.4, 0.5) is 26.3 Å². The summed E-state index contributed by atoms with van der Waals surface area (Å²) in [5.41, 5.74) is -0.598. The van der Waals surface area contributed by atoms with Gasteiger partial charge in [0, 0.05) is 43.9 Å². The number of nitrogens with one attached hydrogen (secondary N) is 2. The zero-order chi connectivity index (χ0) is 24.4. The summed E-state index contributed by atoms with van der Waals surface area (Å²) >= 11 is 0. The van der Waals surface area contributed by atoms with Crippen molar-refractivity contribution in [2.45, 2.75) is 57.9 Å². The van der Waals surface area contributed by atoms with Crippen molar-refractivity contribution in [1.29, 1.82) is 0 Å². The number of H-pyrrole nitrogens is 1. The topological polar surface area (TPSA) is 61.0 Å². The Morgan fingerprint density at radius 1 is 1.00 bits per heavy atom. The van der Waals surface area contributed by atoms with E-state index < -0.39 is 29.4 Å². The van der Waals surface area contributed by atoms with Gasteiger partial charge in [-0.1, -0.05) is 13.8 Å². The molecule has 1 aromatic carbocycles. The normalized spacial score (nSPS) is 17.3. The van der Waals surface area contributed by atoms with Crippen molar-refractivity contribution in [1.82, 2.24) is 20.4 Å². The van der Waals surface area contributed by atoms with Crippen molar-refractivity contribution in [2.24, 2.45) is 0 Å². The van der Waals surface area contributed by atoms with Crippen LogP contribution >= 0.6 is 0 Å². The number of rotatable bonds is 2. The third-order valence-electron chi connectivity index (χ3n) is 5.87. The van der Waals surface area contributed by atoms with Crippen LogP contribution in [0.2, 0.25) is 0 Å². The maximum absolute atomic E-state index is 13.1. The van der Waals surface area contributed by atoms with Gasteiger partial charge in [-0.3, -0.25) is 9.89 Å². The highest BCUT2D eigenvalue weighted by Gasteiger charge is 2.38. The minimum Gasteiger partial charge on any atom is -0.337 e. The van der Waals surface area contributed by atoms with Gasteiger partial charge >= 0.3 is 12.4 Å². The van der Waals surface area contributed by atoms with Gasteiger partial charge in [0.05, 0.1) is 11.1 Å². The van der Waals surface area contributed by atoms with Crippen LogP contribution in [0, 0.1) is 0 Å². The number of carbonyl (C=O) groups is 1. The monoisotopic (exact) mass is 476 g/mol. The van der Waals surface area contributed by atoms with Gasteiger partial charge < -0.3 is 10.2 Å². The van der Waals surface area contributed by atoms with Crippen molar-refractivity contribution in [3.05, 3.63) is 51.8 Å². The van der Waals surface area contributed by atoms with Crippen LogP contribution in [0.25, 0.3) is 0 Å². The first-order valence-corrected chi connectivity index (χ1v) is 10.9. The number of benzene rings is 1. The van der Waals surface area contributed by atoms with Crippen LogP contribution in [0.3, 0.4) is 0 Å². The van der Waals surface area contributed by atoms with Crippen LogP contribution in [0.15, 0.2) is 18.2 Å². The Bertz CT molecular complexity index is 942. The molecule has 1 aromatic heterocycles. The lowest BCUT2D eigenvalue weighted by molar-refractivity contribution is -0.143. The lowest BCUT2D eigenvalue weighted by atomic mass is 9.87. The molecule has 3 heterocycles. The van der Waals surface area contributed by atoms with E-state index in [1.165, 1.54) is 0 Å². The molecule has 5 nitrogen and oxygen atoms in total. The zero-order valence-corrected chi connectivity index (χ0v) is 18.3. The highest BCUT2D eigenvalue weighted by molar-refractivity contribution is 5.94. The van der Waals surface area contributed by atoms with Gasteiger partial charge in [0.15, 0.2) is 5.69 Å². The second-order valence-corrected chi connectivity index (χ2v) is 7.86. The van der Waals surface area contributed by atoms with Gasteiger partial charge in [0.1, 0.15) is 0 Å². The van der Waals surface area contributed by atoms with E-state index in [2.05, 4.69) is 15.5 Å². The molecule has 1 fully saturated rings. The lowest BCUT2D eigenvalue weighted by Gasteiger charge is -2.32. The number of halogens is 6. The minimum absolute atomic E-state index is 0.00408. The molecule has 2 aromatic rings. The fourth-order valence-corrected chi connectivity index (χ4v) is 4.18. The first-order chi connectivity index (χ1) is 15.5. The lowest BCUT2D eigenvalue weighted by Crippen LogP contribution is -2.39. The molecule has 182 valence electrons. The minimum atomic E-state index is -4.88. The van der Waals surface area contributed by atoms with Gasteiger partial charge in [-0.2, -0.15) is 31.4 Å². The van der Waals surface area contributed by atoms with Crippen LogP contribution in [0.5, 0.6) is 0 Å². The maximum Gasteiger partial charge on any atom is 0.416 e. The predicted octanol–water partition coefficient (Wildman–Crippen LogP) is 5.14. The van der Waals surface area contributed by atoms with Crippen molar-refractivity contribution in [2.75, 3.05) is 19.6 Å². The average molecular weight is 476 g/mol. The summed E-state index contributed by atoms with van der Waals surface area (Å²) in [7, 11) is 0. The Labute approximate surface area is 187 Å². The van der Waals surface area contributed by atoms with E-state index in [1.807, 2.05) is 13.8 Å². The number of fused-ring (bicyclic) bond motifs is 1. The maximum atomic E-state index is 13.1. The van der Waals surface area contributed by atoms with Crippen LogP contribution in [0.1, 0.15) is 71.0 Å². The van der Waals surface area contributed by atoms with Gasteiger partial charge in [-0.25, -0.2) is 0 Å². The second kappa shape index (κ2) is 9.74. The second-order valence-electron chi connectivity index (χ2n) is 7.86. The standard InChI is InChI=1S/C20H20F6N4O.C2H6/c21-19(22,23)13-7-12(8-14(9-13)20(24,25)26)11-2-5-30(6-3-11)18(31)17-15-10-27-4-1-16(15)28-29-17;1-2/h7-9,11,27H,1-6,10H2,(H,28,29);1-2H3. The van der Waals surface area contributed by atoms with E-state index in [4.69, 9.17) is 0 Å². The fraction of sp³-hybridized carbons (Fsp3) is 0.545. The first kappa shape index (κ1) is 25.1. The molecule has 0 radical (unpaired) electrons. The number of carbonyl (C=O) groups excluding carboxylic acids is 1. The van der Waals surface area contributed by atoms with Crippen LogP contribution in [-0.4, -0.2) is 40.6 Å². The van der Waals surface area contributed by atoms with E-state index in [9.17, 15) is 31.1 Å². The van der Waals surface area contributed by atoms with Gasteiger partial charge in [-0.05, 0) is 42.5 Å². The summed E-state index contributed by atoms with van der Waals surface area (Å²) in [5, 5.41) is 10.2. The molecule has 2 aliphatic heterocycles. The fourth-order valence-electron chi connectivity index (χ4n) is 4.18. The molecule has 4 rings (SSSR count). The molecule has 1 saturated heterocycles. The van der Waals surface area contributed by atoms with E-state index in [-0.39, 0.29) is 43.5 Å². The molecule has 0 spiro atoms. The van der Waals surface area contributed by atoms with Crippen molar-refractivity contribution >= 4 is 5.91 Å². The number of amides is 1. The molecular formula is C22H26F6N4O. The molecule has 0 unspecified atom stereocenters. The number of nitrogens with zero attached hydrogens (tertiary/aromatic N) is 2. The van der Waals surface area contributed by atoms with E-state index in [0.29, 0.717) is 12.2 Å². The summed E-state index contributed by atoms with van der Waals surface area (Å²) in [6.07, 6.45) is -8.47. The predicted molar refractivity (Wildman–Crippen MR) is 110 cm³/mol. The summed E-state index contributed by atoms with van der Waals surface area (Å²) in [6.45, 7) is 5.77. The number of likely N-dealkylation sites (tertiary alicyclic amines) is 1. The molecule has 11 heteroatoms. The third-order valence-corrected chi connectivity index (χ3v) is 5.87. The van der Waals surface area contributed by atoms with Crippen LogP contribution in [-0.2, 0) is 25.3 Å². The molecule has 0 bridgehead atoms. The third kappa shape index (κ3) is 5.51. The number of hydrogen-bond acceptors (Lipinski definition) is 3. The molecular weight excluding hydrogens is 450 g/mol. The molecule has 1 amide bonds. The molecule has 33 heavy (non-hydrogen) atoms. The first-order valence-electron chi connectivity index (χ1n) is 10.9. The smallest absolute Gasteiger partial charge is 0.337 e. The molecule has 2 aliphatic rings. The van der Waals surface area contributed by atoms with Gasteiger partial charge in [0.2, 0.25) is 0 Å². The molecule has 0 saturated carbocycles. The Morgan fingerprint density at radius 3 is 2.12 bits per heavy atom. The average Bonchev–Trinajstić information content (AvgIpc) is 3.23. The quantitative estimate of drug-likeness (QED) is 0.591. The number of aromatic nitrogens is 2. The SMILES string of the molecule is CC.O=C(c1n[nH]c2c1CNCC2)N1CCC(c2cc(C(F)(F)F)cc(C(F)(F)F)c2)CC1. The van der Waals surface area contributed by atoms with Crippen molar-refractivity contribution < 1.29 is 31.1 Å². The molecule has 2 N–H and O–H groups in total. The number of piperidine rings is 1. The van der Waals surface area contributed by atoms with Crippen molar-refractivity contribution in [3.63, 3.8) is 0 Å². The van der Waals surface area contributed by atoms with E-state index >= 15 is 0 Å². The number of alkyl halides is 6. The van der Waals surface area contributed by atoms with E-state index in [0.717, 1.165) is 36.4 Å². The summed E-state index contributed by atoms with van der Waals surface area (Å²) in [6, 6.07) is 1.71. The van der Waals surface area contributed by atoms with Crippen molar-refractivity contribution in [3.8, 4) is 0 Å². The highest BCUT2D eigenvalue weighted by atomic mass is 19.4. The van der Waals surface area contributed by atoms with Gasteiger partial charge in [-0.15, -0.1) is 0 Å². The summed E-state index contributed by atoms with van der Waals surface area (Å²) in [5.74, 6) is -0.776. The Balaban J connectivity index is 0.00000149. The largest absolute Gasteiger partial charge is 0.416 e.